The van der Waals surface area contributed by atoms with E-state index in [4.69, 9.17) is 0 Å². The summed E-state index contributed by atoms with van der Waals surface area (Å²) in [6.45, 7) is 4.76. The van der Waals surface area contributed by atoms with Gasteiger partial charge in [0, 0.05) is 5.41 Å². The Hall–Kier alpha value is -6.50. The molecule has 1 aliphatic carbocycles. The van der Waals surface area contributed by atoms with E-state index in [1.807, 2.05) is 0 Å². The lowest BCUT2D eigenvalue weighted by Gasteiger charge is -2.23. The van der Waals surface area contributed by atoms with E-state index in [-0.39, 0.29) is 5.41 Å². The number of benzene rings is 10. The Morgan fingerprint density at radius 2 is 0.698 bits per heavy atom. The molecule has 53 heavy (non-hydrogen) atoms. The van der Waals surface area contributed by atoms with Crippen LogP contribution in [0.5, 0.6) is 0 Å². The zero-order valence-corrected chi connectivity index (χ0v) is 29.8. The highest BCUT2D eigenvalue weighted by Gasteiger charge is 2.36. The van der Waals surface area contributed by atoms with Gasteiger partial charge in [-0.05, 0) is 146 Å². The van der Waals surface area contributed by atoms with Crippen molar-refractivity contribution in [3.63, 3.8) is 0 Å². The van der Waals surface area contributed by atoms with Crippen LogP contribution in [0.4, 0.5) is 0 Å². The molecule has 0 fully saturated rings. The molecule has 10 aromatic carbocycles. The fraction of sp³-hybridized carbons (Fsp3) is 0.0566. The lowest BCUT2D eigenvalue weighted by Crippen LogP contribution is -2.15. The molecule has 0 bridgehead atoms. The predicted octanol–water partition coefficient (Wildman–Crippen LogP) is 14.8. The highest BCUT2D eigenvalue weighted by atomic mass is 14.4. The van der Waals surface area contributed by atoms with Crippen molar-refractivity contribution in [3.8, 4) is 44.5 Å². The summed E-state index contributed by atoms with van der Waals surface area (Å²) in [7, 11) is 0. The molecule has 0 saturated carbocycles. The van der Waals surface area contributed by atoms with Crippen molar-refractivity contribution in [1.82, 2.24) is 0 Å². The Balaban J connectivity index is 0.965. The molecule has 0 aliphatic heterocycles. The SMILES string of the molecule is CC1(C)c2cc(-c3ccc4ccccc4c3)ccc2-c2ccc(-c3ccc4cc(-c5cc6c7ccccc7ccc6c6ccccc56)ccc4c3)cc21. The third kappa shape index (κ3) is 4.62. The van der Waals surface area contributed by atoms with Crippen LogP contribution in [0.15, 0.2) is 182 Å². The summed E-state index contributed by atoms with van der Waals surface area (Å²) in [6.07, 6.45) is 0. The van der Waals surface area contributed by atoms with Gasteiger partial charge in [-0.1, -0.05) is 159 Å². The van der Waals surface area contributed by atoms with Crippen molar-refractivity contribution in [1.29, 1.82) is 0 Å². The van der Waals surface area contributed by atoms with Crippen LogP contribution in [-0.2, 0) is 5.41 Å². The topological polar surface area (TPSA) is 0 Å². The van der Waals surface area contributed by atoms with Gasteiger partial charge in [0.15, 0.2) is 0 Å². The number of hydrogen-bond donors (Lipinski definition) is 0. The molecule has 0 saturated heterocycles. The monoisotopic (exact) mass is 672 g/mol. The van der Waals surface area contributed by atoms with E-state index in [0.29, 0.717) is 0 Å². The van der Waals surface area contributed by atoms with Crippen LogP contribution < -0.4 is 0 Å². The maximum absolute atomic E-state index is 2.44. The normalized spacial score (nSPS) is 13.2. The molecular formula is C53H36. The summed E-state index contributed by atoms with van der Waals surface area (Å²) in [5, 5.41) is 12.8. The minimum Gasteiger partial charge on any atom is -0.0616 e. The minimum atomic E-state index is -0.104. The molecule has 0 heteroatoms. The van der Waals surface area contributed by atoms with Crippen LogP contribution in [0, 0.1) is 0 Å². The molecule has 11 rings (SSSR count). The molecule has 0 atom stereocenters. The van der Waals surface area contributed by atoms with Crippen LogP contribution in [0.25, 0.3) is 98.4 Å². The summed E-state index contributed by atoms with van der Waals surface area (Å²) in [5.41, 5.74) is 13.0. The number of rotatable bonds is 3. The van der Waals surface area contributed by atoms with E-state index in [1.54, 1.807) is 0 Å². The summed E-state index contributed by atoms with van der Waals surface area (Å²) >= 11 is 0. The van der Waals surface area contributed by atoms with E-state index >= 15 is 0 Å². The average Bonchev–Trinajstić information content (AvgIpc) is 3.44. The Morgan fingerprint density at radius 3 is 1.38 bits per heavy atom. The van der Waals surface area contributed by atoms with Crippen molar-refractivity contribution >= 4 is 53.9 Å². The van der Waals surface area contributed by atoms with Crippen molar-refractivity contribution in [2.24, 2.45) is 0 Å². The highest BCUT2D eigenvalue weighted by molar-refractivity contribution is 6.21. The molecule has 248 valence electrons. The molecule has 0 unspecified atom stereocenters. The van der Waals surface area contributed by atoms with Gasteiger partial charge < -0.3 is 0 Å². The van der Waals surface area contributed by atoms with Gasteiger partial charge in [0.1, 0.15) is 0 Å². The fourth-order valence-corrected chi connectivity index (χ4v) is 9.16. The molecule has 0 aromatic heterocycles. The Labute approximate surface area is 309 Å². The quantitative estimate of drug-likeness (QED) is 0.164. The van der Waals surface area contributed by atoms with Gasteiger partial charge in [-0.15, -0.1) is 0 Å². The van der Waals surface area contributed by atoms with Gasteiger partial charge in [0.05, 0.1) is 0 Å². The van der Waals surface area contributed by atoms with Crippen LogP contribution in [0.1, 0.15) is 25.0 Å². The van der Waals surface area contributed by atoms with Crippen molar-refractivity contribution in [2.45, 2.75) is 19.3 Å². The van der Waals surface area contributed by atoms with Crippen molar-refractivity contribution in [2.75, 3.05) is 0 Å². The molecule has 0 radical (unpaired) electrons. The summed E-state index contributed by atoms with van der Waals surface area (Å²) < 4.78 is 0. The first-order valence-electron chi connectivity index (χ1n) is 18.7. The maximum Gasteiger partial charge on any atom is 0.0159 e. The minimum absolute atomic E-state index is 0.104. The van der Waals surface area contributed by atoms with E-state index < -0.39 is 0 Å². The maximum atomic E-state index is 2.44. The Morgan fingerprint density at radius 1 is 0.264 bits per heavy atom. The predicted molar refractivity (Wildman–Crippen MR) is 228 cm³/mol. The highest BCUT2D eigenvalue weighted by Crippen LogP contribution is 2.51. The molecule has 0 spiro atoms. The second kappa shape index (κ2) is 11.2. The summed E-state index contributed by atoms with van der Waals surface area (Å²) in [4.78, 5) is 0. The largest absolute Gasteiger partial charge is 0.0616 e. The second-order valence-corrected chi connectivity index (χ2v) is 15.3. The van der Waals surface area contributed by atoms with Crippen molar-refractivity contribution in [3.05, 3.63) is 193 Å². The second-order valence-electron chi connectivity index (χ2n) is 15.3. The zero-order chi connectivity index (χ0) is 35.3. The number of fused-ring (bicyclic) bond motifs is 10. The van der Waals surface area contributed by atoms with E-state index in [9.17, 15) is 0 Å². The van der Waals surface area contributed by atoms with Gasteiger partial charge in [0.2, 0.25) is 0 Å². The van der Waals surface area contributed by atoms with Gasteiger partial charge in [-0.25, -0.2) is 0 Å². The number of hydrogen-bond acceptors (Lipinski definition) is 0. The first-order valence-corrected chi connectivity index (χ1v) is 18.7. The van der Waals surface area contributed by atoms with Gasteiger partial charge >= 0.3 is 0 Å². The van der Waals surface area contributed by atoms with Crippen LogP contribution >= 0.6 is 0 Å². The first kappa shape index (κ1) is 30.2. The van der Waals surface area contributed by atoms with E-state index in [2.05, 4.69) is 196 Å². The standard InChI is InChI=1S/C53H36/c1-53(2)51-30-40(37-16-15-33-9-3-4-11-35(33)27-37)22-25-47(51)48-26-23-41(31-52(48)53)38-17-18-39-29-42(20-19-36(39)28-38)49-32-50-43-12-6-5-10-34(43)21-24-46(50)44-13-7-8-14-45(44)49/h3-32H,1-2H3. The Kier molecular flexibility index (Phi) is 6.40. The molecule has 1 aliphatic rings. The van der Waals surface area contributed by atoms with Gasteiger partial charge in [-0.3, -0.25) is 0 Å². The lowest BCUT2D eigenvalue weighted by atomic mass is 9.80. The first-order chi connectivity index (χ1) is 26.0. The van der Waals surface area contributed by atoms with Crippen LogP contribution in [-0.4, -0.2) is 0 Å². The van der Waals surface area contributed by atoms with E-state index in [0.717, 1.165) is 0 Å². The lowest BCUT2D eigenvalue weighted by molar-refractivity contribution is 0.661. The van der Waals surface area contributed by atoms with Crippen LogP contribution in [0.2, 0.25) is 0 Å². The van der Waals surface area contributed by atoms with E-state index in [1.165, 1.54) is 109 Å². The molecule has 0 N–H and O–H groups in total. The third-order valence-corrected chi connectivity index (χ3v) is 12.0. The zero-order valence-electron chi connectivity index (χ0n) is 29.8. The molecule has 10 aromatic rings. The third-order valence-electron chi connectivity index (χ3n) is 12.0. The van der Waals surface area contributed by atoms with Gasteiger partial charge in [-0.2, -0.15) is 0 Å². The smallest absolute Gasteiger partial charge is 0.0159 e. The fourth-order valence-electron chi connectivity index (χ4n) is 9.16. The summed E-state index contributed by atoms with van der Waals surface area (Å²) in [5.74, 6) is 0. The Bertz CT molecular complexity index is 3140. The molecule has 0 heterocycles. The van der Waals surface area contributed by atoms with Crippen LogP contribution in [0.3, 0.4) is 0 Å². The summed E-state index contributed by atoms with van der Waals surface area (Å²) in [6, 6.07) is 68.0. The molecule has 0 nitrogen and oxygen atoms in total. The van der Waals surface area contributed by atoms with Crippen molar-refractivity contribution < 1.29 is 0 Å². The van der Waals surface area contributed by atoms with Gasteiger partial charge in [0.25, 0.3) is 0 Å². The molecular weight excluding hydrogens is 637 g/mol. The average molecular weight is 673 g/mol. The molecule has 0 amide bonds.